The Bertz CT molecular complexity index is 1490. The van der Waals surface area contributed by atoms with Crippen LogP contribution in [0.25, 0.3) is 16.9 Å². The maximum Gasteiger partial charge on any atom is 0.573 e. The summed E-state index contributed by atoms with van der Waals surface area (Å²) in [6.07, 6.45) is -2.48. The van der Waals surface area contributed by atoms with E-state index < -0.39 is 36.1 Å². The number of nitrogens with two attached hydrogens (primary N) is 1. The number of alkyl halides is 3. The number of nitrogens with one attached hydrogen (secondary N) is 1. The van der Waals surface area contributed by atoms with Crippen molar-refractivity contribution in [2.24, 2.45) is 5.92 Å². The molecule has 4 heterocycles. The highest BCUT2D eigenvalue weighted by Crippen LogP contribution is 2.42. The summed E-state index contributed by atoms with van der Waals surface area (Å²) < 4.78 is 50.8. The van der Waals surface area contributed by atoms with Crippen LogP contribution in [0.15, 0.2) is 24.4 Å². The van der Waals surface area contributed by atoms with Crippen LogP contribution in [0.5, 0.6) is 5.75 Å². The fraction of sp³-hybridized carbons (Fsp3) is 0.440. The Hall–Kier alpha value is -3.91. The third kappa shape index (κ3) is 4.63. The minimum Gasteiger partial charge on any atom is -0.405 e. The molecule has 2 amide bonds. The van der Waals surface area contributed by atoms with Crippen LogP contribution in [0.2, 0.25) is 0 Å². The van der Waals surface area contributed by atoms with E-state index in [2.05, 4.69) is 20.1 Å². The van der Waals surface area contributed by atoms with Crippen molar-refractivity contribution >= 4 is 23.3 Å². The molecule has 0 bridgehead atoms. The normalized spacial score (nSPS) is 21.9. The molecule has 1 saturated heterocycles. The second-order valence-corrected chi connectivity index (χ2v) is 10.1. The Kier molecular flexibility index (Phi) is 5.91. The Balaban J connectivity index is 1.39. The van der Waals surface area contributed by atoms with Gasteiger partial charge in [-0.1, -0.05) is 0 Å². The van der Waals surface area contributed by atoms with Gasteiger partial charge in [0.05, 0.1) is 36.6 Å². The average molecular weight is 547 g/mol. The highest BCUT2D eigenvalue weighted by atomic mass is 19.4. The molecule has 2 aliphatic heterocycles. The number of hydrogen-bond acceptors (Lipinski definition) is 8. The highest BCUT2D eigenvalue weighted by molar-refractivity contribution is 6.05. The molecule has 1 aromatic carbocycles. The monoisotopic (exact) mass is 546 g/mol. The number of carbonyl (C=O) groups is 2. The number of aliphatic hydroxyl groups excluding tert-OH is 1. The number of ether oxygens (including phenoxy) is 2. The number of nitrogen functional groups attached to an aromatic ring is 1. The van der Waals surface area contributed by atoms with Gasteiger partial charge in [-0.3, -0.25) is 9.59 Å². The molecule has 3 aliphatic rings. The number of nitrogens with zero attached hydrogens (tertiary/aromatic N) is 4. The standard InChI is InChI=1S/C25H25F3N6O5/c1-11(12-2-3-12)33-8-14-6-13(7-18(19(14)24(33)37)39-25(26,27)28)15-4-5-34-22(30-15)20(21(29)32-34)23(36)31-16-9-38-10-17(16)35/h4-7,11-12,16-17,35H,2-3,8-10H2,1H3,(H2,29,32)(H,31,36)/t11-,16+,17+/m0/s1. The summed E-state index contributed by atoms with van der Waals surface area (Å²) in [6, 6.07) is 3.49. The molecule has 2 aromatic heterocycles. The van der Waals surface area contributed by atoms with E-state index in [1.807, 2.05) is 6.92 Å². The first kappa shape index (κ1) is 25.4. The van der Waals surface area contributed by atoms with Crippen molar-refractivity contribution in [1.82, 2.24) is 24.8 Å². The lowest BCUT2D eigenvalue weighted by molar-refractivity contribution is -0.274. The molecule has 1 aliphatic carbocycles. The molecule has 2 fully saturated rings. The van der Waals surface area contributed by atoms with E-state index in [1.54, 1.807) is 11.0 Å². The van der Waals surface area contributed by atoms with Crippen molar-refractivity contribution in [3.05, 3.63) is 41.1 Å². The van der Waals surface area contributed by atoms with Gasteiger partial charge in [0.15, 0.2) is 11.5 Å². The molecule has 3 aromatic rings. The highest BCUT2D eigenvalue weighted by Gasteiger charge is 2.42. The van der Waals surface area contributed by atoms with Gasteiger partial charge in [-0.2, -0.15) is 0 Å². The predicted molar refractivity (Wildman–Crippen MR) is 130 cm³/mol. The minimum absolute atomic E-state index is 0.0523. The molecule has 6 rings (SSSR count). The number of benzene rings is 1. The maximum absolute atomic E-state index is 13.4. The number of halogens is 3. The summed E-state index contributed by atoms with van der Waals surface area (Å²) in [5, 5.41) is 16.7. The van der Waals surface area contributed by atoms with Gasteiger partial charge in [-0.25, -0.2) is 9.50 Å². The second-order valence-electron chi connectivity index (χ2n) is 10.1. The molecule has 0 unspecified atom stereocenters. The third-order valence-electron chi connectivity index (χ3n) is 7.42. The smallest absolute Gasteiger partial charge is 0.405 e. The molecule has 0 spiro atoms. The zero-order valence-electron chi connectivity index (χ0n) is 20.7. The molecule has 3 atom stereocenters. The maximum atomic E-state index is 13.4. The Morgan fingerprint density at radius 1 is 1.31 bits per heavy atom. The van der Waals surface area contributed by atoms with Crippen LogP contribution >= 0.6 is 0 Å². The number of aliphatic hydroxyl groups is 1. The van der Waals surface area contributed by atoms with Crippen molar-refractivity contribution in [1.29, 1.82) is 0 Å². The first-order valence-corrected chi connectivity index (χ1v) is 12.5. The van der Waals surface area contributed by atoms with Gasteiger partial charge in [0, 0.05) is 24.3 Å². The fourth-order valence-electron chi connectivity index (χ4n) is 5.20. The molecule has 11 nitrogen and oxygen atoms in total. The van der Waals surface area contributed by atoms with Gasteiger partial charge < -0.3 is 30.5 Å². The van der Waals surface area contributed by atoms with Crippen molar-refractivity contribution in [2.45, 2.75) is 50.9 Å². The molecule has 206 valence electrons. The number of anilines is 1. The fourth-order valence-corrected chi connectivity index (χ4v) is 5.20. The quantitative estimate of drug-likeness (QED) is 0.427. The summed E-state index contributed by atoms with van der Waals surface area (Å²) in [6.45, 7) is 2.25. The lowest BCUT2D eigenvalue weighted by Crippen LogP contribution is -2.42. The van der Waals surface area contributed by atoms with Crippen LogP contribution in [-0.2, 0) is 11.3 Å². The van der Waals surface area contributed by atoms with Gasteiger partial charge in [0.2, 0.25) is 0 Å². The van der Waals surface area contributed by atoms with E-state index in [4.69, 9.17) is 10.5 Å². The van der Waals surface area contributed by atoms with E-state index in [0.717, 1.165) is 18.9 Å². The average Bonchev–Trinajstić information content (AvgIpc) is 3.44. The number of fused-ring (bicyclic) bond motifs is 2. The summed E-state index contributed by atoms with van der Waals surface area (Å²) in [4.78, 5) is 32.2. The summed E-state index contributed by atoms with van der Waals surface area (Å²) in [7, 11) is 0. The SMILES string of the molecule is C[C@@H](C1CC1)N1Cc2cc(-c3ccn4nc(N)c(C(=O)N[C@@H]5COC[C@H]5O)c4n3)cc(OC(F)(F)F)c2C1=O. The van der Waals surface area contributed by atoms with E-state index >= 15 is 0 Å². The summed E-state index contributed by atoms with van der Waals surface area (Å²) >= 11 is 0. The van der Waals surface area contributed by atoms with Gasteiger partial charge in [-0.05, 0) is 49.4 Å². The summed E-state index contributed by atoms with van der Waals surface area (Å²) in [5.41, 5.74) is 6.76. The second kappa shape index (κ2) is 9.09. The number of aromatic nitrogens is 3. The Labute approximate surface area is 219 Å². The van der Waals surface area contributed by atoms with Crippen LogP contribution in [0, 0.1) is 5.92 Å². The first-order valence-electron chi connectivity index (χ1n) is 12.5. The van der Waals surface area contributed by atoms with Crippen LogP contribution in [0.4, 0.5) is 19.0 Å². The molecule has 0 radical (unpaired) electrons. The van der Waals surface area contributed by atoms with Crippen molar-refractivity contribution in [2.75, 3.05) is 18.9 Å². The molecule has 39 heavy (non-hydrogen) atoms. The zero-order valence-corrected chi connectivity index (χ0v) is 20.7. The predicted octanol–water partition coefficient (Wildman–Crippen LogP) is 2.12. The number of hydrogen-bond donors (Lipinski definition) is 3. The zero-order chi connectivity index (χ0) is 27.6. The van der Waals surface area contributed by atoms with Crippen LogP contribution in [0.1, 0.15) is 46.0 Å². The van der Waals surface area contributed by atoms with E-state index in [-0.39, 0.29) is 59.6 Å². The Morgan fingerprint density at radius 3 is 2.74 bits per heavy atom. The molecular weight excluding hydrogens is 521 g/mol. The lowest BCUT2D eigenvalue weighted by Gasteiger charge is -2.24. The van der Waals surface area contributed by atoms with Gasteiger partial charge in [0.25, 0.3) is 11.8 Å². The third-order valence-corrected chi connectivity index (χ3v) is 7.42. The van der Waals surface area contributed by atoms with E-state index in [1.165, 1.54) is 16.8 Å². The van der Waals surface area contributed by atoms with Crippen molar-refractivity contribution < 1.29 is 37.3 Å². The van der Waals surface area contributed by atoms with Gasteiger partial charge >= 0.3 is 6.36 Å². The van der Waals surface area contributed by atoms with E-state index in [0.29, 0.717) is 11.5 Å². The minimum atomic E-state index is -5.01. The molecule has 1 saturated carbocycles. The number of carbonyl (C=O) groups excluding carboxylic acids is 2. The van der Waals surface area contributed by atoms with Gasteiger partial charge in [-0.15, -0.1) is 18.3 Å². The first-order chi connectivity index (χ1) is 18.5. The molecule has 4 N–H and O–H groups in total. The Morgan fingerprint density at radius 2 is 2.08 bits per heavy atom. The van der Waals surface area contributed by atoms with Gasteiger partial charge in [0.1, 0.15) is 11.3 Å². The molecule has 14 heteroatoms. The van der Waals surface area contributed by atoms with Crippen LogP contribution < -0.4 is 15.8 Å². The topological polar surface area (TPSA) is 144 Å². The van der Waals surface area contributed by atoms with Crippen LogP contribution in [-0.4, -0.2) is 74.2 Å². The summed E-state index contributed by atoms with van der Waals surface area (Å²) in [5.74, 6) is -1.52. The van der Waals surface area contributed by atoms with E-state index in [9.17, 15) is 27.9 Å². The van der Waals surface area contributed by atoms with Crippen LogP contribution in [0.3, 0.4) is 0 Å². The van der Waals surface area contributed by atoms with Crippen molar-refractivity contribution in [3.63, 3.8) is 0 Å². The molecular formula is C25H25F3N6O5. The number of amides is 2. The van der Waals surface area contributed by atoms with Crippen molar-refractivity contribution in [3.8, 4) is 17.0 Å². The lowest BCUT2D eigenvalue weighted by atomic mass is 10.0. The largest absolute Gasteiger partial charge is 0.573 e. The number of rotatable bonds is 6.